The summed E-state index contributed by atoms with van der Waals surface area (Å²) in [5, 5.41) is 1.06. The van der Waals surface area contributed by atoms with Gasteiger partial charge in [-0.05, 0) is 56.2 Å². The molecule has 10 heteroatoms. The Bertz CT molecular complexity index is 1900. The number of aromatic nitrogens is 1. The van der Waals surface area contributed by atoms with Gasteiger partial charge in [0.1, 0.15) is 12.4 Å². The van der Waals surface area contributed by atoms with Gasteiger partial charge >= 0.3 is 5.97 Å². The molecule has 0 aliphatic carbocycles. The average Bonchev–Trinajstić information content (AvgIpc) is 3.35. The Hall–Kier alpha value is -3.85. The minimum atomic E-state index is -0.662. The number of hydrogen-bond donors (Lipinski definition) is 0. The standard InChI is InChI=1S/C34H33Cl2N3O4S/c1-5-27-30(33(41)42-4)31(21-11-9-8-10-12-21)39-32(40)29(44-34(39)37-27)17-22-14-16-25(38(6-2)7-3)19-28(22)43-20-23-13-15-24(35)18-26(23)36/h8-19,31H,5-7,20H2,1-4H3/b29-17+/t31-/m1/s1. The molecule has 44 heavy (non-hydrogen) atoms. The Morgan fingerprint density at radius 2 is 1.80 bits per heavy atom. The molecule has 4 aromatic rings. The monoisotopic (exact) mass is 649 g/mol. The summed E-state index contributed by atoms with van der Waals surface area (Å²) >= 11 is 13.8. The molecule has 0 saturated heterocycles. The number of anilines is 1. The van der Waals surface area contributed by atoms with E-state index in [1.807, 2.05) is 67.6 Å². The molecule has 0 saturated carbocycles. The summed E-state index contributed by atoms with van der Waals surface area (Å²) in [6.07, 6.45) is 2.33. The highest BCUT2D eigenvalue weighted by molar-refractivity contribution is 7.07. The number of carbonyl (C=O) groups excluding carboxylic acids is 1. The van der Waals surface area contributed by atoms with E-state index in [2.05, 4.69) is 18.7 Å². The van der Waals surface area contributed by atoms with Crippen molar-refractivity contribution in [2.24, 2.45) is 4.99 Å². The maximum atomic E-state index is 14.1. The first-order valence-electron chi connectivity index (χ1n) is 14.4. The molecule has 0 fully saturated rings. The second-order valence-corrected chi connectivity index (χ2v) is 12.0. The Morgan fingerprint density at radius 3 is 2.45 bits per heavy atom. The van der Waals surface area contributed by atoms with Crippen LogP contribution in [0.1, 0.15) is 49.9 Å². The molecular formula is C34H33Cl2N3O4S. The Labute approximate surface area is 270 Å². The number of halogens is 2. The molecule has 5 rings (SSSR count). The summed E-state index contributed by atoms with van der Waals surface area (Å²) in [4.78, 5) is 34.7. The smallest absolute Gasteiger partial charge is 0.338 e. The molecule has 3 aromatic carbocycles. The third-order valence-corrected chi connectivity index (χ3v) is 9.15. The lowest BCUT2D eigenvalue weighted by Gasteiger charge is -2.25. The highest BCUT2D eigenvalue weighted by Gasteiger charge is 2.33. The van der Waals surface area contributed by atoms with E-state index in [-0.39, 0.29) is 12.2 Å². The SMILES string of the molecule is CCC1=C(C(=O)OC)[C@@H](c2ccccc2)n2c(s/c(=C/c3ccc(N(CC)CC)cc3OCc3ccc(Cl)cc3Cl)c2=O)=N1. The van der Waals surface area contributed by atoms with Gasteiger partial charge in [-0.2, -0.15) is 0 Å². The van der Waals surface area contributed by atoms with Crippen LogP contribution in [0, 0.1) is 0 Å². The van der Waals surface area contributed by atoms with Crippen LogP contribution in [0.5, 0.6) is 5.75 Å². The molecular weight excluding hydrogens is 617 g/mol. The van der Waals surface area contributed by atoms with Gasteiger partial charge in [-0.15, -0.1) is 0 Å². The van der Waals surface area contributed by atoms with Gasteiger partial charge in [0.25, 0.3) is 5.56 Å². The number of methoxy groups -OCH3 is 1. The number of fused-ring (bicyclic) bond motifs is 1. The van der Waals surface area contributed by atoms with Crippen molar-refractivity contribution in [3.63, 3.8) is 0 Å². The number of hydrogen-bond acceptors (Lipinski definition) is 7. The lowest BCUT2D eigenvalue weighted by molar-refractivity contribution is -0.136. The first-order chi connectivity index (χ1) is 21.3. The van der Waals surface area contributed by atoms with Crippen molar-refractivity contribution in [1.29, 1.82) is 0 Å². The van der Waals surface area contributed by atoms with Gasteiger partial charge in [0.05, 0.1) is 29.0 Å². The van der Waals surface area contributed by atoms with Crippen molar-refractivity contribution in [2.75, 3.05) is 25.1 Å². The van der Waals surface area contributed by atoms with Gasteiger partial charge in [0.2, 0.25) is 0 Å². The van der Waals surface area contributed by atoms with Crippen molar-refractivity contribution in [3.05, 3.63) is 124 Å². The number of thiazole rings is 1. The second kappa shape index (κ2) is 13.8. The minimum absolute atomic E-state index is 0.218. The third-order valence-electron chi connectivity index (χ3n) is 7.58. The summed E-state index contributed by atoms with van der Waals surface area (Å²) in [5.74, 6) is 0.104. The quantitative estimate of drug-likeness (QED) is 0.183. The molecule has 0 bridgehead atoms. The summed E-state index contributed by atoms with van der Waals surface area (Å²) in [7, 11) is 1.34. The van der Waals surface area contributed by atoms with E-state index in [0.717, 1.165) is 35.5 Å². The van der Waals surface area contributed by atoms with E-state index >= 15 is 0 Å². The lowest BCUT2D eigenvalue weighted by Crippen LogP contribution is -2.40. The number of esters is 1. The van der Waals surface area contributed by atoms with E-state index in [1.165, 1.54) is 18.4 Å². The van der Waals surface area contributed by atoms with E-state index in [4.69, 9.17) is 37.7 Å². The second-order valence-electron chi connectivity index (χ2n) is 10.1. The normalized spacial score (nSPS) is 14.7. The molecule has 1 aromatic heterocycles. The summed E-state index contributed by atoms with van der Waals surface area (Å²) in [5.41, 5.74) is 4.05. The molecule has 228 valence electrons. The van der Waals surface area contributed by atoms with Crippen LogP contribution in [0.25, 0.3) is 6.08 Å². The molecule has 0 spiro atoms. The van der Waals surface area contributed by atoms with Crippen LogP contribution in [0.2, 0.25) is 10.0 Å². The molecule has 7 nitrogen and oxygen atoms in total. The number of benzene rings is 3. The Kier molecular flexibility index (Phi) is 9.93. The Morgan fingerprint density at radius 1 is 1.05 bits per heavy atom. The Balaban J connectivity index is 1.65. The molecule has 1 atom stereocenters. The molecule has 1 aliphatic rings. The maximum absolute atomic E-state index is 14.1. The topological polar surface area (TPSA) is 73.1 Å². The van der Waals surface area contributed by atoms with Gasteiger partial charge in [0.15, 0.2) is 4.80 Å². The van der Waals surface area contributed by atoms with Gasteiger partial charge in [0, 0.05) is 46.0 Å². The molecule has 0 N–H and O–H groups in total. The zero-order valence-corrected chi connectivity index (χ0v) is 27.3. The molecule has 2 heterocycles. The first kappa shape index (κ1) is 31.6. The fourth-order valence-electron chi connectivity index (χ4n) is 5.30. The van der Waals surface area contributed by atoms with Crippen molar-refractivity contribution < 1.29 is 14.3 Å². The molecule has 1 aliphatic heterocycles. The van der Waals surface area contributed by atoms with Gasteiger partial charge in [-0.1, -0.05) is 77.9 Å². The van der Waals surface area contributed by atoms with Crippen molar-refractivity contribution in [3.8, 4) is 5.75 Å². The van der Waals surface area contributed by atoms with Crippen LogP contribution in [0.3, 0.4) is 0 Å². The van der Waals surface area contributed by atoms with E-state index in [1.54, 1.807) is 16.7 Å². The van der Waals surface area contributed by atoms with Crippen LogP contribution < -0.4 is 24.5 Å². The third kappa shape index (κ3) is 6.34. The van der Waals surface area contributed by atoms with Crippen molar-refractivity contribution in [1.82, 2.24) is 4.57 Å². The van der Waals surface area contributed by atoms with E-state index in [9.17, 15) is 9.59 Å². The summed E-state index contributed by atoms with van der Waals surface area (Å²) < 4.78 is 13.6. The van der Waals surface area contributed by atoms with Crippen molar-refractivity contribution in [2.45, 2.75) is 39.8 Å². The number of carbonyl (C=O) groups is 1. The highest BCUT2D eigenvalue weighted by Crippen LogP contribution is 2.32. The summed E-state index contributed by atoms with van der Waals surface area (Å²) in [6.45, 7) is 8.02. The molecule has 0 amide bonds. The lowest BCUT2D eigenvalue weighted by atomic mass is 9.95. The van der Waals surface area contributed by atoms with Crippen LogP contribution in [-0.2, 0) is 16.1 Å². The number of nitrogens with zero attached hydrogens (tertiary/aromatic N) is 3. The maximum Gasteiger partial charge on any atom is 0.338 e. The first-order valence-corrected chi connectivity index (χ1v) is 16.0. The fourth-order valence-corrected chi connectivity index (χ4v) is 6.78. The number of ether oxygens (including phenoxy) is 2. The molecule has 0 radical (unpaired) electrons. The average molecular weight is 651 g/mol. The van der Waals surface area contributed by atoms with Crippen LogP contribution in [0.4, 0.5) is 5.69 Å². The highest BCUT2D eigenvalue weighted by atomic mass is 35.5. The van der Waals surface area contributed by atoms with E-state index < -0.39 is 12.0 Å². The predicted octanol–water partition coefficient (Wildman–Crippen LogP) is 6.53. The van der Waals surface area contributed by atoms with Gasteiger partial charge in [-0.25, -0.2) is 9.79 Å². The summed E-state index contributed by atoms with van der Waals surface area (Å²) in [6, 6.07) is 20.1. The molecule has 0 unspecified atom stereocenters. The zero-order valence-electron chi connectivity index (χ0n) is 25.0. The van der Waals surface area contributed by atoms with Crippen molar-refractivity contribution >= 4 is 52.3 Å². The van der Waals surface area contributed by atoms with Gasteiger partial charge in [-0.3, -0.25) is 9.36 Å². The number of rotatable bonds is 10. The zero-order chi connectivity index (χ0) is 31.4. The van der Waals surface area contributed by atoms with Crippen LogP contribution >= 0.6 is 34.5 Å². The predicted molar refractivity (Wildman–Crippen MR) is 178 cm³/mol. The minimum Gasteiger partial charge on any atom is -0.488 e. The largest absolute Gasteiger partial charge is 0.488 e. The van der Waals surface area contributed by atoms with E-state index in [0.29, 0.717) is 42.8 Å². The van der Waals surface area contributed by atoms with Crippen LogP contribution in [-0.4, -0.2) is 30.7 Å². The van der Waals surface area contributed by atoms with Crippen LogP contribution in [0.15, 0.2) is 87.8 Å². The fraction of sp³-hybridized carbons (Fsp3) is 0.265. The van der Waals surface area contributed by atoms with Gasteiger partial charge < -0.3 is 14.4 Å². The number of allylic oxidation sites excluding steroid dienone is 1.